The molecule has 1 saturated heterocycles. The minimum atomic E-state index is -0.390. The molecule has 1 aromatic carbocycles. The van der Waals surface area contributed by atoms with Crippen LogP contribution in [-0.2, 0) is 4.74 Å². The summed E-state index contributed by atoms with van der Waals surface area (Å²) in [7, 11) is 0. The summed E-state index contributed by atoms with van der Waals surface area (Å²) in [6, 6.07) is 4.72. The number of nitrogens with zero attached hydrogens (tertiary/aromatic N) is 2. The van der Waals surface area contributed by atoms with Gasteiger partial charge in [-0.1, -0.05) is 11.3 Å². The van der Waals surface area contributed by atoms with Crippen molar-refractivity contribution in [3.63, 3.8) is 0 Å². The number of nitro benzene ring substituents is 1. The third kappa shape index (κ3) is 2.66. The second kappa shape index (κ2) is 5.10. The fourth-order valence-corrected chi connectivity index (χ4v) is 3.01. The summed E-state index contributed by atoms with van der Waals surface area (Å²) >= 11 is 1.43. The second-order valence-electron chi connectivity index (χ2n) is 4.44. The van der Waals surface area contributed by atoms with Crippen LogP contribution in [0.3, 0.4) is 0 Å². The van der Waals surface area contributed by atoms with Crippen LogP contribution in [0.2, 0.25) is 0 Å². The largest absolute Gasteiger partial charge is 0.376 e. The number of benzene rings is 1. The fourth-order valence-electron chi connectivity index (χ4n) is 2.11. The molecule has 7 heteroatoms. The lowest BCUT2D eigenvalue weighted by molar-refractivity contribution is -0.384. The molecule has 1 N–H and O–H groups in total. The van der Waals surface area contributed by atoms with E-state index in [0.29, 0.717) is 0 Å². The summed E-state index contributed by atoms with van der Waals surface area (Å²) in [4.78, 5) is 14.7. The molecule has 1 aliphatic rings. The van der Waals surface area contributed by atoms with Crippen molar-refractivity contribution in [2.75, 3.05) is 18.5 Å². The van der Waals surface area contributed by atoms with Gasteiger partial charge in [0.2, 0.25) is 0 Å². The Morgan fingerprint density at radius 1 is 1.58 bits per heavy atom. The van der Waals surface area contributed by atoms with Crippen LogP contribution in [0.25, 0.3) is 10.2 Å². The maximum atomic E-state index is 10.7. The van der Waals surface area contributed by atoms with Gasteiger partial charge in [0.05, 0.1) is 21.2 Å². The number of hydrogen-bond acceptors (Lipinski definition) is 6. The number of hydrogen-bond donors (Lipinski definition) is 1. The normalized spacial score (nSPS) is 18.8. The molecule has 0 spiro atoms. The molecular weight excluding hydrogens is 266 g/mol. The van der Waals surface area contributed by atoms with Gasteiger partial charge in [0.1, 0.15) is 0 Å². The molecule has 0 saturated carbocycles. The van der Waals surface area contributed by atoms with Gasteiger partial charge in [-0.3, -0.25) is 10.1 Å². The van der Waals surface area contributed by atoms with Gasteiger partial charge in [0.15, 0.2) is 5.13 Å². The molecule has 0 radical (unpaired) electrons. The smallest absolute Gasteiger partial charge is 0.270 e. The Hall–Kier alpha value is -1.73. The van der Waals surface area contributed by atoms with E-state index in [2.05, 4.69) is 10.3 Å². The van der Waals surface area contributed by atoms with Crippen LogP contribution >= 0.6 is 11.3 Å². The Bertz CT molecular complexity index is 607. The lowest BCUT2D eigenvalue weighted by Crippen LogP contribution is -2.18. The van der Waals surface area contributed by atoms with Crippen LogP contribution in [0.4, 0.5) is 10.8 Å². The van der Waals surface area contributed by atoms with Crippen molar-refractivity contribution in [1.82, 2.24) is 4.98 Å². The van der Waals surface area contributed by atoms with E-state index in [1.54, 1.807) is 12.1 Å². The first-order chi connectivity index (χ1) is 9.22. The Kier molecular flexibility index (Phi) is 3.31. The number of nitro groups is 1. The molecule has 1 unspecified atom stereocenters. The maximum absolute atomic E-state index is 10.7. The molecule has 0 aliphatic carbocycles. The average Bonchev–Trinajstić information content (AvgIpc) is 3.04. The highest BCUT2D eigenvalue weighted by molar-refractivity contribution is 7.22. The van der Waals surface area contributed by atoms with Crippen molar-refractivity contribution in [3.8, 4) is 0 Å². The van der Waals surface area contributed by atoms with Gasteiger partial charge < -0.3 is 10.1 Å². The summed E-state index contributed by atoms with van der Waals surface area (Å²) in [5.41, 5.74) is 0.882. The lowest BCUT2D eigenvalue weighted by atomic mass is 10.2. The summed E-state index contributed by atoms with van der Waals surface area (Å²) in [6.45, 7) is 1.57. The molecule has 100 valence electrons. The third-order valence-corrected chi connectivity index (χ3v) is 4.06. The average molecular weight is 279 g/mol. The SMILES string of the molecule is O=[N+]([O-])c1ccc2nc(NCC3CCCO3)sc2c1. The van der Waals surface area contributed by atoms with Crippen LogP contribution in [-0.4, -0.2) is 29.2 Å². The molecule has 0 bridgehead atoms. The van der Waals surface area contributed by atoms with Crippen LogP contribution in [0.5, 0.6) is 0 Å². The van der Waals surface area contributed by atoms with E-state index in [4.69, 9.17) is 4.74 Å². The van der Waals surface area contributed by atoms with Crippen molar-refractivity contribution < 1.29 is 9.66 Å². The van der Waals surface area contributed by atoms with Crippen LogP contribution in [0.1, 0.15) is 12.8 Å². The van der Waals surface area contributed by atoms with Crippen LogP contribution in [0, 0.1) is 10.1 Å². The fraction of sp³-hybridized carbons (Fsp3) is 0.417. The van der Waals surface area contributed by atoms with Crippen LogP contribution < -0.4 is 5.32 Å². The molecule has 0 amide bonds. The van der Waals surface area contributed by atoms with Crippen molar-refractivity contribution >= 4 is 32.4 Å². The molecule has 2 aromatic rings. The molecule has 6 nitrogen and oxygen atoms in total. The minimum Gasteiger partial charge on any atom is -0.376 e. The zero-order chi connectivity index (χ0) is 13.2. The number of nitrogens with one attached hydrogen (secondary N) is 1. The van der Waals surface area contributed by atoms with E-state index >= 15 is 0 Å². The van der Waals surface area contributed by atoms with Crippen molar-refractivity contribution in [1.29, 1.82) is 0 Å². The summed E-state index contributed by atoms with van der Waals surface area (Å²) in [5.74, 6) is 0. The van der Waals surface area contributed by atoms with E-state index < -0.39 is 4.92 Å². The molecule has 19 heavy (non-hydrogen) atoms. The number of rotatable bonds is 4. The number of aromatic nitrogens is 1. The summed E-state index contributed by atoms with van der Waals surface area (Å²) in [6.07, 6.45) is 2.43. The second-order valence-corrected chi connectivity index (χ2v) is 5.47. The van der Waals surface area contributed by atoms with Crippen LogP contribution in [0.15, 0.2) is 18.2 Å². The van der Waals surface area contributed by atoms with Gasteiger partial charge in [0.25, 0.3) is 5.69 Å². The van der Waals surface area contributed by atoms with Gasteiger partial charge in [-0.2, -0.15) is 0 Å². The monoisotopic (exact) mass is 279 g/mol. The van der Waals surface area contributed by atoms with Gasteiger partial charge in [-0.25, -0.2) is 4.98 Å². The predicted molar refractivity (Wildman–Crippen MR) is 73.7 cm³/mol. The maximum Gasteiger partial charge on any atom is 0.270 e. The zero-order valence-electron chi connectivity index (χ0n) is 10.2. The number of thiazole rings is 1. The van der Waals surface area contributed by atoms with E-state index in [0.717, 1.165) is 41.3 Å². The Morgan fingerprint density at radius 3 is 3.21 bits per heavy atom. The van der Waals surface area contributed by atoms with Crippen molar-refractivity contribution in [2.24, 2.45) is 0 Å². The first-order valence-corrected chi connectivity index (χ1v) is 6.94. The molecular formula is C12H13N3O3S. The quantitative estimate of drug-likeness (QED) is 0.687. The zero-order valence-corrected chi connectivity index (χ0v) is 11.0. The number of non-ortho nitro benzene ring substituents is 1. The summed E-state index contributed by atoms with van der Waals surface area (Å²) in [5, 5.41) is 14.7. The highest BCUT2D eigenvalue weighted by Gasteiger charge is 2.16. The Labute approximate surface area is 113 Å². The van der Waals surface area contributed by atoms with Gasteiger partial charge in [-0.15, -0.1) is 0 Å². The number of fused-ring (bicyclic) bond motifs is 1. The summed E-state index contributed by atoms with van der Waals surface area (Å²) < 4.78 is 6.35. The highest BCUT2D eigenvalue weighted by atomic mass is 32.1. The first kappa shape index (κ1) is 12.3. The Balaban J connectivity index is 1.75. The number of anilines is 1. The molecule has 1 atom stereocenters. The molecule has 1 aliphatic heterocycles. The standard InChI is InChI=1S/C12H13N3O3S/c16-15(17)8-3-4-10-11(6-8)19-12(14-10)13-7-9-2-1-5-18-9/h3-4,6,9H,1-2,5,7H2,(H,13,14). The Morgan fingerprint density at radius 2 is 2.47 bits per heavy atom. The molecule has 2 heterocycles. The topological polar surface area (TPSA) is 77.3 Å². The molecule has 1 aromatic heterocycles. The van der Waals surface area contributed by atoms with E-state index in [1.807, 2.05) is 0 Å². The highest BCUT2D eigenvalue weighted by Crippen LogP contribution is 2.29. The molecule has 3 rings (SSSR count). The minimum absolute atomic E-state index is 0.0989. The first-order valence-electron chi connectivity index (χ1n) is 6.13. The van der Waals surface area contributed by atoms with E-state index in [1.165, 1.54) is 17.4 Å². The van der Waals surface area contributed by atoms with Gasteiger partial charge >= 0.3 is 0 Å². The van der Waals surface area contributed by atoms with E-state index in [9.17, 15) is 10.1 Å². The van der Waals surface area contributed by atoms with Gasteiger partial charge in [-0.05, 0) is 18.9 Å². The van der Waals surface area contributed by atoms with Crippen molar-refractivity contribution in [2.45, 2.75) is 18.9 Å². The molecule has 1 fully saturated rings. The van der Waals surface area contributed by atoms with Crippen molar-refractivity contribution in [3.05, 3.63) is 28.3 Å². The third-order valence-electron chi connectivity index (χ3n) is 3.09. The lowest BCUT2D eigenvalue weighted by Gasteiger charge is -2.08. The number of ether oxygens (including phenoxy) is 1. The van der Waals surface area contributed by atoms with Gasteiger partial charge in [0, 0.05) is 25.3 Å². The predicted octanol–water partition coefficient (Wildman–Crippen LogP) is 2.80. The van der Waals surface area contributed by atoms with E-state index in [-0.39, 0.29) is 11.8 Å².